The van der Waals surface area contributed by atoms with Gasteiger partial charge in [0.2, 0.25) is 0 Å². The summed E-state index contributed by atoms with van der Waals surface area (Å²) >= 11 is 0. The molecule has 1 N–H and O–H groups in total. The SMILES string of the molecule is CC1CCCC(CNc2ccc(-n3cnnn3)cc2)C1. The summed E-state index contributed by atoms with van der Waals surface area (Å²) in [6.07, 6.45) is 7.10. The fraction of sp³-hybridized carbons (Fsp3) is 0.533. The van der Waals surface area contributed by atoms with Crippen LogP contribution < -0.4 is 5.32 Å². The van der Waals surface area contributed by atoms with E-state index in [1.165, 1.54) is 31.4 Å². The number of tetrazole rings is 1. The molecule has 1 aliphatic rings. The highest BCUT2D eigenvalue weighted by Gasteiger charge is 2.18. The van der Waals surface area contributed by atoms with Gasteiger partial charge in [-0.05, 0) is 59.4 Å². The van der Waals surface area contributed by atoms with E-state index in [1.54, 1.807) is 11.0 Å². The Hall–Kier alpha value is -1.91. The van der Waals surface area contributed by atoms with Crippen molar-refractivity contribution in [2.75, 3.05) is 11.9 Å². The van der Waals surface area contributed by atoms with Crippen molar-refractivity contribution in [3.63, 3.8) is 0 Å². The molecule has 5 heteroatoms. The molecular weight excluding hydrogens is 250 g/mol. The standard InChI is InChI=1S/C15H21N5/c1-12-3-2-4-13(9-12)10-16-14-5-7-15(8-6-14)20-11-17-18-19-20/h5-8,11-13,16H,2-4,9-10H2,1H3. The van der Waals surface area contributed by atoms with Gasteiger partial charge in [0.05, 0.1) is 5.69 Å². The van der Waals surface area contributed by atoms with E-state index < -0.39 is 0 Å². The fourth-order valence-corrected chi connectivity index (χ4v) is 3.02. The Bertz CT molecular complexity index is 520. The average molecular weight is 271 g/mol. The van der Waals surface area contributed by atoms with Crippen molar-refractivity contribution in [1.82, 2.24) is 20.2 Å². The Kier molecular flexibility index (Phi) is 3.95. The van der Waals surface area contributed by atoms with Crippen LogP contribution in [0.3, 0.4) is 0 Å². The Balaban J connectivity index is 1.56. The molecule has 2 aromatic rings. The van der Waals surface area contributed by atoms with Crippen molar-refractivity contribution >= 4 is 5.69 Å². The van der Waals surface area contributed by atoms with E-state index in [9.17, 15) is 0 Å². The normalized spacial score (nSPS) is 22.6. The van der Waals surface area contributed by atoms with E-state index in [2.05, 4.69) is 39.9 Å². The number of aromatic nitrogens is 4. The second kappa shape index (κ2) is 6.03. The highest BCUT2D eigenvalue weighted by atomic mass is 15.5. The fourth-order valence-electron chi connectivity index (χ4n) is 3.02. The van der Waals surface area contributed by atoms with Crippen LogP contribution in [0.5, 0.6) is 0 Å². The minimum absolute atomic E-state index is 0.818. The van der Waals surface area contributed by atoms with E-state index in [1.807, 2.05) is 12.1 Å². The number of anilines is 1. The van der Waals surface area contributed by atoms with Crippen LogP contribution in [0, 0.1) is 11.8 Å². The summed E-state index contributed by atoms with van der Waals surface area (Å²) in [5.41, 5.74) is 2.15. The summed E-state index contributed by atoms with van der Waals surface area (Å²) in [7, 11) is 0. The van der Waals surface area contributed by atoms with Crippen LogP contribution in [0.15, 0.2) is 30.6 Å². The van der Waals surface area contributed by atoms with Gasteiger partial charge < -0.3 is 5.32 Å². The maximum Gasteiger partial charge on any atom is 0.143 e. The second-order valence-electron chi connectivity index (χ2n) is 5.82. The molecule has 1 aromatic carbocycles. The molecule has 0 amide bonds. The van der Waals surface area contributed by atoms with Crippen molar-refractivity contribution in [1.29, 1.82) is 0 Å². The molecule has 0 bridgehead atoms. The molecule has 2 atom stereocenters. The molecule has 1 fully saturated rings. The van der Waals surface area contributed by atoms with E-state index >= 15 is 0 Å². The Morgan fingerprint density at radius 2 is 2.10 bits per heavy atom. The van der Waals surface area contributed by atoms with Crippen molar-refractivity contribution in [2.45, 2.75) is 32.6 Å². The van der Waals surface area contributed by atoms with E-state index in [-0.39, 0.29) is 0 Å². The van der Waals surface area contributed by atoms with Gasteiger partial charge in [-0.1, -0.05) is 19.8 Å². The molecule has 0 saturated heterocycles. The van der Waals surface area contributed by atoms with E-state index in [0.717, 1.165) is 24.1 Å². The minimum atomic E-state index is 0.818. The quantitative estimate of drug-likeness (QED) is 0.929. The molecule has 5 nitrogen and oxygen atoms in total. The smallest absolute Gasteiger partial charge is 0.143 e. The van der Waals surface area contributed by atoms with Crippen LogP contribution >= 0.6 is 0 Å². The lowest BCUT2D eigenvalue weighted by atomic mass is 9.82. The Morgan fingerprint density at radius 3 is 2.80 bits per heavy atom. The Labute approximate surface area is 119 Å². The van der Waals surface area contributed by atoms with Gasteiger partial charge in [0.1, 0.15) is 6.33 Å². The van der Waals surface area contributed by atoms with Gasteiger partial charge in [-0.2, -0.15) is 0 Å². The van der Waals surface area contributed by atoms with Gasteiger partial charge >= 0.3 is 0 Å². The first-order valence-electron chi connectivity index (χ1n) is 7.38. The second-order valence-corrected chi connectivity index (χ2v) is 5.82. The van der Waals surface area contributed by atoms with Gasteiger partial charge in [0.25, 0.3) is 0 Å². The molecule has 0 radical (unpaired) electrons. The molecule has 20 heavy (non-hydrogen) atoms. The number of nitrogens with zero attached hydrogens (tertiary/aromatic N) is 4. The summed E-state index contributed by atoms with van der Waals surface area (Å²) in [5.74, 6) is 1.70. The predicted molar refractivity (Wildman–Crippen MR) is 78.8 cm³/mol. The number of hydrogen-bond donors (Lipinski definition) is 1. The summed E-state index contributed by atoms with van der Waals surface area (Å²) in [5, 5.41) is 14.7. The Morgan fingerprint density at radius 1 is 1.25 bits per heavy atom. The number of benzene rings is 1. The first-order chi connectivity index (χ1) is 9.81. The lowest BCUT2D eigenvalue weighted by molar-refractivity contribution is 0.293. The molecule has 0 spiro atoms. The third-order valence-corrected chi connectivity index (χ3v) is 4.12. The third kappa shape index (κ3) is 3.15. The van der Waals surface area contributed by atoms with Crippen LogP contribution in [0.2, 0.25) is 0 Å². The maximum absolute atomic E-state index is 3.88. The van der Waals surface area contributed by atoms with Crippen molar-refractivity contribution in [2.24, 2.45) is 11.8 Å². The van der Waals surface area contributed by atoms with Crippen LogP contribution in [0.25, 0.3) is 5.69 Å². The van der Waals surface area contributed by atoms with Crippen LogP contribution in [-0.2, 0) is 0 Å². The molecule has 1 aromatic heterocycles. The highest BCUT2D eigenvalue weighted by molar-refractivity contribution is 5.48. The molecule has 1 heterocycles. The molecule has 3 rings (SSSR count). The zero-order valence-corrected chi connectivity index (χ0v) is 11.9. The molecule has 0 aliphatic heterocycles. The van der Waals surface area contributed by atoms with E-state index in [0.29, 0.717) is 0 Å². The number of rotatable bonds is 4. The minimum Gasteiger partial charge on any atom is -0.385 e. The topological polar surface area (TPSA) is 55.6 Å². The summed E-state index contributed by atoms with van der Waals surface area (Å²) < 4.78 is 1.66. The van der Waals surface area contributed by atoms with Gasteiger partial charge in [0, 0.05) is 12.2 Å². The van der Waals surface area contributed by atoms with Crippen molar-refractivity contribution < 1.29 is 0 Å². The lowest BCUT2D eigenvalue weighted by Crippen LogP contribution is -2.20. The van der Waals surface area contributed by atoms with Gasteiger partial charge in [-0.25, -0.2) is 4.68 Å². The van der Waals surface area contributed by atoms with Crippen LogP contribution in [0.1, 0.15) is 32.6 Å². The molecular formula is C15H21N5. The lowest BCUT2D eigenvalue weighted by Gasteiger charge is -2.27. The number of nitrogens with one attached hydrogen (secondary N) is 1. The predicted octanol–water partition coefficient (Wildman–Crippen LogP) is 2.90. The summed E-state index contributed by atoms with van der Waals surface area (Å²) in [6.45, 7) is 3.45. The first-order valence-corrected chi connectivity index (χ1v) is 7.38. The van der Waals surface area contributed by atoms with Gasteiger partial charge in [0.15, 0.2) is 0 Å². The number of hydrogen-bond acceptors (Lipinski definition) is 4. The molecule has 106 valence electrons. The first kappa shape index (κ1) is 13.1. The van der Waals surface area contributed by atoms with Crippen LogP contribution in [-0.4, -0.2) is 26.8 Å². The van der Waals surface area contributed by atoms with Crippen molar-refractivity contribution in [3.8, 4) is 5.69 Å². The molecule has 1 aliphatic carbocycles. The average Bonchev–Trinajstić information content (AvgIpc) is 3.00. The summed E-state index contributed by atoms with van der Waals surface area (Å²) in [6, 6.07) is 8.23. The summed E-state index contributed by atoms with van der Waals surface area (Å²) in [4.78, 5) is 0. The zero-order valence-electron chi connectivity index (χ0n) is 11.9. The monoisotopic (exact) mass is 271 g/mol. The zero-order chi connectivity index (χ0) is 13.8. The highest BCUT2D eigenvalue weighted by Crippen LogP contribution is 2.28. The largest absolute Gasteiger partial charge is 0.385 e. The van der Waals surface area contributed by atoms with Crippen LogP contribution in [0.4, 0.5) is 5.69 Å². The van der Waals surface area contributed by atoms with Crippen molar-refractivity contribution in [3.05, 3.63) is 30.6 Å². The molecule has 2 unspecified atom stereocenters. The van der Waals surface area contributed by atoms with E-state index in [4.69, 9.17) is 0 Å². The molecule has 1 saturated carbocycles. The third-order valence-electron chi connectivity index (χ3n) is 4.12. The maximum atomic E-state index is 3.88. The van der Waals surface area contributed by atoms with Gasteiger partial charge in [-0.15, -0.1) is 5.10 Å². The van der Waals surface area contributed by atoms with Gasteiger partial charge in [-0.3, -0.25) is 0 Å².